The zero-order valence-electron chi connectivity index (χ0n) is 16.7. The van der Waals surface area contributed by atoms with Crippen molar-refractivity contribution in [2.24, 2.45) is 0 Å². The molecule has 0 bridgehead atoms. The molecule has 1 aromatic heterocycles. The summed E-state index contributed by atoms with van der Waals surface area (Å²) in [7, 11) is 0.219. The zero-order valence-corrected chi connectivity index (χ0v) is 17.5. The van der Waals surface area contributed by atoms with E-state index in [2.05, 4.69) is 10.3 Å². The van der Waals surface area contributed by atoms with Crippen LogP contribution in [0.2, 0.25) is 0 Å². The summed E-state index contributed by atoms with van der Waals surface area (Å²) in [4.78, 5) is 14.6. The lowest BCUT2D eigenvalue weighted by molar-refractivity contribution is 0.0706. The number of sulfonamides is 1. The number of benzene rings is 2. The maximum atomic E-state index is 12.4. The molecule has 0 atom stereocenters. The number of rotatable bonds is 7. The second-order valence-electron chi connectivity index (χ2n) is 6.85. The van der Waals surface area contributed by atoms with Gasteiger partial charge in [0.1, 0.15) is 5.69 Å². The summed E-state index contributed by atoms with van der Waals surface area (Å²) < 4.78 is 25.8. The van der Waals surface area contributed by atoms with Crippen LogP contribution < -0.4 is 14.8 Å². The molecule has 3 aromatic rings. The number of carbonyl (C=O) groups excluding carboxylic acids is 1. The largest absolute Gasteiger partial charge is 0.378 e. The Morgan fingerprint density at radius 3 is 2.27 bits per heavy atom. The Labute approximate surface area is 174 Å². The number of anilines is 1. The quantitative estimate of drug-likeness (QED) is 0.427. The summed E-state index contributed by atoms with van der Waals surface area (Å²) in [6.07, 6.45) is 2.62. The van der Waals surface area contributed by atoms with Gasteiger partial charge in [-0.2, -0.15) is 4.41 Å². The van der Waals surface area contributed by atoms with Crippen LogP contribution in [-0.2, 0) is 16.6 Å². The van der Waals surface area contributed by atoms with E-state index in [-0.39, 0.29) is 12.1 Å². The predicted octanol–water partition coefficient (Wildman–Crippen LogP) is 1.23. The number of amides is 1. The van der Waals surface area contributed by atoms with Gasteiger partial charge in [-0.25, -0.2) is 13.9 Å². The third-order valence-corrected chi connectivity index (χ3v) is 5.47. The summed E-state index contributed by atoms with van der Waals surface area (Å²) >= 11 is 0. The van der Waals surface area contributed by atoms with Gasteiger partial charge in [0.05, 0.1) is 19.0 Å². The molecule has 158 valence electrons. The molecular weight excluding hydrogens is 408 g/mol. The van der Waals surface area contributed by atoms with Crippen LogP contribution in [0.1, 0.15) is 15.9 Å². The van der Waals surface area contributed by atoms with E-state index in [0.29, 0.717) is 11.3 Å². The normalized spacial score (nSPS) is 11.2. The molecule has 0 spiro atoms. The van der Waals surface area contributed by atoms with Crippen LogP contribution in [-0.4, -0.2) is 55.0 Å². The third kappa shape index (κ3) is 4.75. The smallest absolute Gasteiger partial charge is 0.274 e. The first-order valence-corrected chi connectivity index (χ1v) is 10.8. The maximum Gasteiger partial charge on any atom is 0.274 e. The van der Waals surface area contributed by atoms with E-state index >= 15 is 0 Å². The van der Waals surface area contributed by atoms with E-state index in [0.717, 1.165) is 21.9 Å². The molecule has 11 heteroatoms. The molecule has 1 amide bonds. The molecule has 2 aromatic carbocycles. The van der Waals surface area contributed by atoms with Crippen LogP contribution in [0.5, 0.6) is 0 Å². The lowest BCUT2D eigenvalue weighted by atomic mass is 10.1. The predicted molar refractivity (Wildman–Crippen MR) is 112 cm³/mol. The molecule has 3 rings (SSSR count). The topological polar surface area (TPSA) is 121 Å². The summed E-state index contributed by atoms with van der Waals surface area (Å²) in [5.74, 6) is -0.650. The SMILES string of the molecule is CN(C)c1ccc(-c2cn(N(Cc3ccc(C(=O)NO)cc3)S(C)(=O)=O)nn2)cc1. The van der Waals surface area contributed by atoms with Crippen molar-refractivity contribution >= 4 is 21.6 Å². The van der Waals surface area contributed by atoms with Gasteiger partial charge in [-0.15, -0.1) is 9.89 Å². The van der Waals surface area contributed by atoms with Gasteiger partial charge in [0.25, 0.3) is 5.91 Å². The van der Waals surface area contributed by atoms with Gasteiger partial charge < -0.3 is 4.90 Å². The Bertz CT molecular complexity index is 1120. The molecule has 0 aliphatic carbocycles. The minimum Gasteiger partial charge on any atom is -0.378 e. The van der Waals surface area contributed by atoms with Gasteiger partial charge in [-0.1, -0.05) is 24.3 Å². The Morgan fingerprint density at radius 1 is 1.10 bits per heavy atom. The fourth-order valence-electron chi connectivity index (χ4n) is 2.75. The van der Waals surface area contributed by atoms with Crippen LogP contribution in [0, 0.1) is 0 Å². The fourth-order valence-corrected chi connectivity index (χ4v) is 3.52. The Kier molecular flexibility index (Phi) is 6.04. The van der Waals surface area contributed by atoms with Crippen molar-refractivity contribution in [3.63, 3.8) is 0 Å². The van der Waals surface area contributed by atoms with Crippen LogP contribution in [0.3, 0.4) is 0 Å². The van der Waals surface area contributed by atoms with E-state index in [1.807, 2.05) is 43.3 Å². The van der Waals surface area contributed by atoms with Gasteiger partial charge in [0, 0.05) is 30.9 Å². The fraction of sp³-hybridized carbons (Fsp3) is 0.211. The number of carbonyl (C=O) groups is 1. The minimum atomic E-state index is -3.67. The highest BCUT2D eigenvalue weighted by Gasteiger charge is 2.20. The van der Waals surface area contributed by atoms with Gasteiger partial charge in [0.15, 0.2) is 0 Å². The lowest BCUT2D eigenvalue weighted by Crippen LogP contribution is -2.39. The molecule has 0 unspecified atom stereocenters. The molecule has 0 fully saturated rings. The Hall–Kier alpha value is -3.44. The van der Waals surface area contributed by atoms with Gasteiger partial charge in [-0.05, 0) is 35.0 Å². The molecule has 1 heterocycles. The summed E-state index contributed by atoms with van der Waals surface area (Å²) in [6.45, 7) is -0.0117. The number of nitrogens with zero attached hydrogens (tertiary/aromatic N) is 5. The Balaban J connectivity index is 1.86. The van der Waals surface area contributed by atoms with Crippen molar-refractivity contribution in [2.45, 2.75) is 6.54 Å². The monoisotopic (exact) mass is 430 g/mol. The van der Waals surface area contributed by atoms with Crippen LogP contribution in [0.4, 0.5) is 5.69 Å². The summed E-state index contributed by atoms with van der Waals surface area (Å²) in [6, 6.07) is 13.8. The Morgan fingerprint density at radius 2 is 1.73 bits per heavy atom. The van der Waals surface area contributed by atoms with E-state index in [1.54, 1.807) is 23.8 Å². The first kappa shape index (κ1) is 21.3. The third-order valence-electron chi connectivity index (χ3n) is 4.41. The van der Waals surface area contributed by atoms with Crippen LogP contribution >= 0.6 is 0 Å². The van der Waals surface area contributed by atoms with Gasteiger partial charge >= 0.3 is 0 Å². The van der Waals surface area contributed by atoms with Crippen molar-refractivity contribution in [2.75, 3.05) is 29.7 Å². The molecule has 0 aliphatic rings. The van der Waals surface area contributed by atoms with Crippen molar-refractivity contribution in [3.8, 4) is 11.3 Å². The number of hydroxylamine groups is 1. The zero-order chi connectivity index (χ0) is 21.9. The number of hydrogen-bond acceptors (Lipinski definition) is 7. The van der Waals surface area contributed by atoms with E-state index in [9.17, 15) is 13.2 Å². The number of aromatic nitrogens is 3. The van der Waals surface area contributed by atoms with E-state index in [1.165, 1.54) is 16.9 Å². The summed E-state index contributed by atoms with van der Waals surface area (Å²) in [5.41, 5.74) is 4.79. The van der Waals surface area contributed by atoms with Crippen LogP contribution in [0.15, 0.2) is 54.7 Å². The molecule has 0 saturated carbocycles. The summed E-state index contributed by atoms with van der Waals surface area (Å²) in [5, 5.41) is 16.8. The average Bonchev–Trinajstić information content (AvgIpc) is 3.20. The van der Waals surface area contributed by atoms with Crippen molar-refractivity contribution in [3.05, 3.63) is 65.9 Å². The molecule has 2 N–H and O–H groups in total. The highest BCUT2D eigenvalue weighted by Crippen LogP contribution is 2.21. The van der Waals surface area contributed by atoms with Crippen molar-refractivity contribution < 1.29 is 18.4 Å². The molecule has 10 nitrogen and oxygen atoms in total. The van der Waals surface area contributed by atoms with Gasteiger partial charge in [-0.3, -0.25) is 10.0 Å². The molecule has 0 radical (unpaired) electrons. The van der Waals surface area contributed by atoms with Crippen molar-refractivity contribution in [1.82, 2.24) is 20.6 Å². The lowest BCUT2D eigenvalue weighted by Gasteiger charge is -2.21. The molecule has 0 aliphatic heterocycles. The molecule has 0 saturated heterocycles. The second kappa shape index (κ2) is 8.51. The standard InChI is InChI=1S/C19H22N6O4S/c1-23(2)17-10-8-15(9-11-17)18-13-24(22-20-18)25(30(3,28)29)12-14-4-6-16(7-5-14)19(26)21-27/h4-11,13,27H,12H2,1-3H3,(H,21,26). The number of nitrogens with one attached hydrogen (secondary N) is 1. The molecular formula is C19H22N6O4S. The maximum absolute atomic E-state index is 12.4. The highest BCUT2D eigenvalue weighted by molar-refractivity contribution is 7.91. The van der Waals surface area contributed by atoms with Crippen molar-refractivity contribution in [1.29, 1.82) is 0 Å². The van der Waals surface area contributed by atoms with Crippen LogP contribution in [0.25, 0.3) is 11.3 Å². The van der Waals surface area contributed by atoms with Gasteiger partial charge in [0.2, 0.25) is 10.0 Å². The highest BCUT2D eigenvalue weighted by atomic mass is 32.2. The van der Waals surface area contributed by atoms with E-state index in [4.69, 9.17) is 5.21 Å². The first-order chi connectivity index (χ1) is 14.2. The first-order valence-electron chi connectivity index (χ1n) is 8.90. The van der Waals surface area contributed by atoms with E-state index < -0.39 is 15.9 Å². The number of hydrogen-bond donors (Lipinski definition) is 2. The molecule has 30 heavy (non-hydrogen) atoms. The second-order valence-corrected chi connectivity index (χ2v) is 8.73. The minimum absolute atomic E-state index is 0.0117. The average molecular weight is 430 g/mol.